The molecule has 3 rings (SSSR count). The zero-order valence-electron chi connectivity index (χ0n) is 15.2. The largest absolute Gasteiger partial charge is 0.497 e. The lowest BCUT2D eigenvalue weighted by atomic mass is 10.1. The fraction of sp³-hybridized carbons (Fsp3) is 0.143. The van der Waals surface area contributed by atoms with E-state index in [9.17, 15) is 4.79 Å². The molecule has 27 heavy (non-hydrogen) atoms. The molecule has 0 aliphatic rings. The summed E-state index contributed by atoms with van der Waals surface area (Å²) in [5, 5.41) is 6.21. The number of carbonyl (C=O) groups is 1. The number of benzene rings is 2. The number of rotatable bonds is 7. The number of hydrogen-bond donors (Lipinski definition) is 2. The van der Waals surface area contributed by atoms with Gasteiger partial charge in [0.25, 0.3) is 5.91 Å². The lowest BCUT2D eigenvalue weighted by Crippen LogP contribution is -2.12. The van der Waals surface area contributed by atoms with Gasteiger partial charge in [-0.25, -0.2) is 0 Å². The Labute approximate surface area is 158 Å². The van der Waals surface area contributed by atoms with Gasteiger partial charge in [0, 0.05) is 41.9 Å². The maximum absolute atomic E-state index is 12.5. The molecule has 6 nitrogen and oxygen atoms in total. The van der Waals surface area contributed by atoms with E-state index in [1.807, 2.05) is 36.4 Å². The third-order valence-corrected chi connectivity index (χ3v) is 4.00. The number of pyridine rings is 1. The zero-order valence-corrected chi connectivity index (χ0v) is 15.2. The molecule has 0 aliphatic carbocycles. The molecule has 0 bridgehead atoms. The van der Waals surface area contributed by atoms with E-state index in [0.717, 1.165) is 11.3 Å². The lowest BCUT2D eigenvalue weighted by molar-refractivity contribution is 0.102. The molecule has 0 radical (unpaired) electrons. The number of amides is 1. The van der Waals surface area contributed by atoms with E-state index >= 15 is 0 Å². The monoisotopic (exact) mass is 363 g/mol. The highest BCUT2D eigenvalue weighted by molar-refractivity contribution is 6.04. The van der Waals surface area contributed by atoms with Gasteiger partial charge in [0.15, 0.2) is 0 Å². The van der Waals surface area contributed by atoms with Gasteiger partial charge in [0.1, 0.15) is 11.5 Å². The van der Waals surface area contributed by atoms with Gasteiger partial charge in [-0.05, 0) is 54.1 Å². The van der Waals surface area contributed by atoms with Crippen LogP contribution >= 0.6 is 0 Å². The van der Waals surface area contributed by atoms with Gasteiger partial charge >= 0.3 is 0 Å². The van der Waals surface area contributed by atoms with Gasteiger partial charge < -0.3 is 20.1 Å². The van der Waals surface area contributed by atoms with Crippen molar-refractivity contribution < 1.29 is 14.3 Å². The van der Waals surface area contributed by atoms with Crippen LogP contribution in [0, 0.1) is 0 Å². The Balaban J connectivity index is 1.63. The first-order chi connectivity index (χ1) is 13.2. The number of hydrogen-bond acceptors (Lipinski definition) is 5. The summed E-state index contributed by atoms with van der Waals surface area (Å²) in [6, 6.07) is 16.5. The molecule has 6 heteroatoms. The molecule has 0 saturated heterocycles. The standard InChI is InChI=1S/C21H21N3O3/c1-26-19-11-16(12-20(13-19)27-2)21(25)24-18-5-3-17(4-6-18)23-14-15-7-9-22-10-8-15/h3-13,23H,14H2,1-2H3,(H,24,25). The first-order valence-electron chi connectivity index (χ1n) is 8.45. The Morgan fingerprint density at radius 1 is 0.889 bits per heavy atom. The second-order valence-corrected chi connectivity index (χ2v) is 5.84. The summed E-state index contributed by atoms with van der Waals surface area (Å²) in [6.45, 7) is 0.706. The highest BCUT2D eigenvalue weighted by Crippen LogP contribution is 2.23. The molecule has 0 unspecified atom stereocenters. The van der Waals surface area contributed by atoms with Gasteiger partial charge in [-0.15, -0.1) is 0 Å². The molecule has 1 heterocycles. The van der Waals surface area contributed by atoms with Gasteiger partial charge in [0.2, 0.25) is 0 Å². The van der Waals surface area contributed by atoms with E-state index in [2.05, 4.69) is 15.6 Å². The van der Waals surface area contributed by atoms with Crippen LogP contribution in [-0.2, 0) is 6.54 Å². The van der Waals surface area contributed by atoms with Crippen LogP contribution in [0.25, 0.3) is 0 Å². The third kappa shape index (κ3) is 4.98. The van der Waals surface area contributed by atoms with Crippen LogP contribution in [0.5, 0.6) is 11.5 Å². The van der Waals surface area contributed by atoms with Gasteiger partial charge in [-0.1, -0.05) is 0 Å². The van der Waals surface area contributed by atoms with Crippen molar-refractivity contribution in [3.63, 3.8) is 0 Å². The molecule has 0 aliphatic heterocycles. The Kier molecular flexibility index (Phi) is 5.89. The van der Waals surface area contributed by atoms with Crippen LogP contribution in [0.3, 0.4) is 0 Å². The van der Waals surface area contributed by atoms with E-state index in [0.29, 0.717) is 29.3 Å². The van der Waals surface area contributed by atoms with E-state index in [-0.39, 0.29) is 5.91 Å². The van der Waals surface area contributed by atoms with Crippen LogP contribution in [0.4, 0.5) is 11.4 Å². The molecule has 3 aromatic rings. The fourth-order valence-corrected chi connectivity index (χ4v) is 2.52. The number of anilines is 2. The second-order valence-electron chi connectivity index (χ2n) is 5.84. The normalized spacial score (nSPS) is 10.1. The Bertz CT molecular complexity index is 874. The maximum Gasteiger partial charge on any atom is 0.255 e. The molecule has 0 atom stereocenters. The number of ether oxygens (including phenoxy) is 2. The van der Waals surface area contributed by atoms with Crippen LogP contribution < -0.4 is 20.1 Å². The van der Waals surface area contributed by atoms with E-state index in [1.165, 1.54) is 0 Å². The predicted molar refractivity (Wildman–Crippen MR) is 106 cm³/mol. The van der Waals surface area contributed by atoms with Crippen LogP contribution in [-0.4, -0.2) is 25.1 Å². The van der Waals surface area contributed by atoms with Crippen LogP contribution in [0.1, 0.15) is 15.9 Å². The third-order valence-electron chi connectivity index (χ3n) is 4.00. The van der Waals surface area contributed by atoms with Crippen LogP contribution in [0.15, 0.2) is 67.0 Å². The molecule has 1 amide bonds. The average Bonchev–Trinajstić information content (AvgIpc) is 2.73. The molecular formula is C21H21N3O3. The summed E-state index contributed by atoms with van der Waals surface area (Å²) in [5.41, 5.74) is 3.28. The minimum absolute atomic E-state index is 0.232. The maximum atomic E-state index is 12.5. The number of nitrogens with zero attached hydrogens (tertiary/aromatic N) is 1. The summed E-state index contributed by atoms with van der Waals surface area (Å²) in [6.07, 6.45) is 3.53. The smallest absolute Gasteiger partial charge is 0.255 e. The van der Waals surface area contributed by atoms with Gasteiger partial charge in [-0.3, -0.25) is 9.78 Å². The van der Waals surface area contributed by atoms with Crippen LogP contribution in [0.2, 0.25) is 0 Å². The van der Waals surface area contributed by atoms with Crippen molar-refractivity contribution in [2.75, 3.05) is 24.9 Å². The first kappa shape index (κ1) is 18.3. The Hall–Kier alpha value is -3.54. The van der Waals surface area contributed by atoms with Gasteiger partial charge in [-0.2, -0.15) is 0 Å². The summed E-state index contributed by atoms with van der Waals surface area (Å²) in [7, 11) is 3.10. The first-order valence-corrected chi connectivity index (χ1v) is 8.45. The van der Waals surface area contributed by atoms with Crippen molar-refractivity contribution >= 4 is 17.3 Å². The van der Waals surface area contributed by atoms with Crippen molar-refractivity contribution in [3.8, 4) is 11.5 Å². The summed E-state index contributed by atoms with van der Waals surface area (Å²) in [5.74, 6) is 0.898. The molecule has 0 spiro atoms. The van der Waals surface area contributed by atoms with Crippen molar-refractivity contribution in [1.82, 2.24) is 4.98 Å². The van der Waals surface area contributed by atoms with E-state index in [1.54, 1.807) is 44.8 Å². The summed E-state index contributed by atoms with van der Waals surface area (Å²) >= 11 is 0. The summed E-state index contributed by atoms with van der Waals surface area (Å²) < 4.78 is 10.4. The second kappa shape index (κ2) is 8.71. The molecule has 1 aromatic heterocycles. The van der Waals surface area contributed by atoms with Crippen molar-refractivity contribution in [2.45, 2.75) is 6.54 Å². The predicted octanol–water partition coefficient (Wildman–Crippen LogP) is 3.96. The highest BCUT2D eigenvalue weighted by Gasteiger charge is 2.10. The van der Waals surface area contributed by atoms with E-state index in [4.69, 9.17) is 9.47 Å². The number of nitrogens with one attached hydrogen (secondary N) is 2. The minimum atomic E-state index is -0.232. The number of methoxy groups -OCH3 is 2. The number of aromatic nitrogens is 1. The SMILES string of the molecule is COc1cc(OC)cc(C(=O)Nc2ccc(NCc3ccncc3)cc2)c1. The lowest BCUT2D eigenvalue weighted by Gasteiger charge is -2.10. The minimum Gasteiger partial charge on any atom is -0.497 e. The van der Waals surface area contributed by atoms with E-state index < -0.39 is 0 Å². The fourth-order valence-electron chi connectivity index (χ4n) is 2.52. The summed E-state index contributed by atoms with van der Waals surface area (Å²) in [4.78, 5) is 16.5. The van der Waals surface area contributed by atoms with Gasteiger partial charge in [0.05, 0.1) is 14.2 Å². The molecule has 0 fully saturated rings. The topological polar surface area (TPSA) is 72.5 Å². The zero-order chi connectivity index (χ0) is 19.1. The Morgan fingerprint density at radius 3 is 2.07 bits per heavy atom. The molecule has 138 valence electrons. The van der Waals surface area contributed by atoms with Crippen molar-refractivity contribution in [1.29, 1.82) is 0 Å². The quantitative estimate of drug-likeness (QED) is 0.665. The van der Waals surface area contributed by atoms with Crippen molar-refractivity contribution in [3.05, 3.63) is 78.1 Å². The highest BCUT2D eigenvalue weighted by atomic mass is 16.5. The molecule has 0 saturated carbocycles. The molecular weight excluding hydrogens is 342 g/mol. The van der Waals surface area contributed by atoms with Crippen molar-refractivity contribution in [2.24, 2.45) is 0 Å². The molecule has 2 aromatic carbocycles. The molecule has 2 N–H and O–H groups in total. The average molecular weight is 363 g/mol. The number of carbonyl (C=O) groups excluding carboxylic acids is 1. The Morgan fingerprint density at radius 2 is 1.48 bits per heavy atom.